The number of carbonyl (C=O) groups is 1. The van der Waals surface area contributed by atoms with Crippen LogP contribution in [0, 0.1) is 12.7 Å². The minimum absolute atomic E-state index is 0.275. The van der Waals surface area contributed by atoms with Crippen molar-refractivity contribution in [3.63, 3.8) is 0 Å². The van der Waals surface area contributed by atoms with E-state index in [-0.39, 0.29) is 11.7 Å². The zero-order chi connectivity index (χ0) is 19.0. The lowest BCUT2D eigenvalue weighted by molar-refractivity contribution is 0.101. The van der Waals surface area contributed by atoms with Gasteiger partial charge in [-0.3, -0.25) is 4.79 Å². The number of halogens is 2. The van der Waals surface area contributed by atoms with Crippen LogP contribution in [0.25, 0.3) is 11.1 Å². The Morgan fingerprint density at radius 3 is 2.81 bits per heavy atom. The Bertz CT molecular complexity index is 1150. The predicted molar refractivity (Wildman–Crippen MR) is 104 cm³/mol. The van der Waals surface area contributed by atoms with Crippen molar-refractivity contribution in [1.29, 1.82) is 0 Å². The van der Waals surface area contributed by atoms with E-state index in [0.717, 1.165) is 16.6 Å². The predicted octanol–water partition coefficient (Wildman–Crippen LogP) is 5.64. The number of aryl methyl sites for hydroxylation is 1. The fraction of sp³-hybridized carbons (Fsp3) is 0.0952. The van der Waals surface area contributed by atoms with Crippen molar-refractivity contribution in [3.8, 4) is 0 Å². The lowest BCUT2D eigenvalue weighted by Crippen LogP contribution is -2.18. The average molecular weight is 383 g/mol. The molecular weight excluding hydrogens is 367 g/mol. The van der Waals surface area contributed by atoms with Crippen molar-refractivity contribution in [2.45, 2.75) is 13.5 Å². The number of fused-ring (bicyclic) bond motifs is 1. The molecule has 6 heteroatoms. The molecule has 0 saturated heterocycles. The first-order valence-electron chi connectivity index (χ1n) is 8.40. The molecule has 0 fully saturated rings. The molecule has 27 heavy (non-hydrogen) atoms. The number of anilines is 1. The van der Waals surface area contributed by atoms with Gasteiger partial charge in [-0.05, 0) is 48.4 Å². The highest BCUT2D eigenvalue weighted by molar-refractivity contribution is 6.30. The van der Waals surface area contributed by atoms with Gasteiger partial charge in [-0.25, -0.2) is 4.39 Å². The van der Waals surface area contributed by atoms with Crippen LogP contribution < -0.4 is 5.32 Å². The molecule has 0 aliphatic rings. The smallest absolute Gasteiger partial charge is 0.272 e. The summed E-state index contributed by atoms with van der Waals surface area (Å²) in [6, 6.07) is 15.1. The Balaban J connectivity index is 1.70. The quantitative estimate of drug-likeness (QED) is 0.496. The number of nitrogens with one attached hydrogen (secondary N) is 1. The maximum atomic E-state index is 13.6. The molecule has 0 atom stereocenters. The Hall–Kier alpha value is -3.05. The van der Waals surface area contributed by atoms with Crippen LogP contribution in [0.5, 0.6) is 0 Å². The molecule has 4 rings (SSSR count). The molecule has 1 amide bonds. The van der Waals surface area contributed by atoms with Gasteiger partial charge < -0.3 is 14.3 Å². The van der Waals surface area contributed by atoms with Crippen LogP contribution in [0.3, 0.4) is 0 Å². The molecule has 0 saturated carbocycles. The van der Waals surface area contributed by atoms with E-state index in [2.05, 4.69) is 5.32 Å². The fourth-order valence-electron chi connectivity index (χ4n) is 3.11. The third-order valence-electron chi connectivity index (χ3n) is 4.42. The van der Waals surface area contributed by atoms with Crippen molar-refractivity contribution >= 4 is 34.3 Å². The molecule has 0 radical (unpaired) electrons. The first-order chi connectivity index (χ1) is 13.0. The highest BCUT2D eigenvalue weighted by atomic mass is 35.5. The minimum atomic E-state index is -0.314. The van der Waals surface area contributed by atoms with E-state index in [0.29, 0.717) is 28.5 Å². The molecule has 2 heterocycles. The fourth-order valence-corrected chi connectivity index (χ4v) is 3.33. The summed E-state index contributed by atoms with van der Waals surface area (Å²) < 4.78 is 20.8. The first-order valence-corrected chi connectivity index (χ1v) is 8.78. The van der Waals surface area contributed by atoms with Gasteiger partial charge in [0, 0.05) is 29.4 Å². The van der Waals surface area contributed by atoms with E-state index >= 15 is 0 Å². The Kier molecular flexibility index (Phi) is 4.46. The maximum absolute atomic E-state index is 13.6. The number of aromatic nitrogens is 1. The largest absolute Gasteiger partial charge is 0.463 e. The zero-order valence-corrected chi connectivity index (χ0v) is 15.3. The summed E-state index contributed by atoms with van der Waals surface area (Å²) in [6.07, 6.45) is 1.57. The second kappa shape index (κ2) is 6.93. The molecule has 0 bridgehead atoms. The van der Waals surface area contributed by atoms with Gasteiger partial charge in [0.15, 0.2) is 5.58 Å². The summed E-state index contributed by atoms with van der Waals surface area (Å²) in [5.74, 6) is -0.589. The first kappa shape index (κ1) is 17.4. The molecule has 4 aromatic rings. The maximum Gasteiger partial charge on any atom is 0.272 e. The monoisotopic (exact) mass is 382 g/mol. The van der Waals surface area contributed by atoms with E-state index in [1.54, 1.807) is 42.7 Å². The third kappa shape index (κ3) is 3.46. The van der Waals surface area contributed by atoms with Crippen LogP contribution in [0.2, 0.25) is 5.02 Å². The van der Waals surface area contributed by atoms with Gasteiger partial charge in [0.2, 0.25) is 0 Å². The number of amides is 1. The van der Waals surface area contributed by atoms with E-state index in [4.69, 9.17) is 16.0 Å². The normalized spacial score (nSPS) is 11.1. The standard InChI is InChI=1S/C21H16ClFN2O2/c1-13-9-15(22)5-6-17(13)24-21(26)19-11-20-18(7-8-27-20)25(19)12-14-3-2-4-16(23)10-14/h2-11H,12H2,1H3,(H,24,26). The summed E-state index contributed by atoms with van der Waals surface area (Å²) in [7, 11) is 0. The van der Waals surface area contributed by atoms with Gasteiger partial charge in [-0.1, -0.05) is 23.7 Å². The highest BCUT2D eigenvalue weighted by Gasteiger charge is 2.18. The third-order valence-corrected chi connectivity index (χ3v) is 4.66. The number of nitrogens with zero attached hydrogens (tertiary/aromatic N) is 1. The van der Waals surface area contributed by atoms with Crippen molar-refractivity contribution in [1.82, 2.24) is 4.57 Å². The van der Waals surface area contributed by atoms with Crippen molar-refractivity contribution in [2.75, 3.05) is 5.32 Å². The van der Waals surface area contributed by atoms with Crippen molar-refractivity contribution in [3.05, 3.63) is 88.5 Å². The second-order valence-corrected chi connectivity index (χ2v) is 6.77. The van der Waals surface area contributed by atoms with Crippen LogP contribution >= 0.6 is 11.6 Å². The Morgan fingerprint density at radius 2 is 2.04 bits per heavy atom. The van der Waals surface area contributed by atoms with E-state index in [1.807, 2.05) is 17.6 Å². The summed E-state index contributed by atoms with van der Waals surface area (Å²) in [5.41, 5.74) is 4.11. The number of furan rings is 1. The Labute approximate surface area is 160 Å². The lowest BCUT2D eigenvalue weighted by atomic mass is 10.2. The van der Waals surface area contributed by atoms with Gasteiger partial charge >= 0.3 is 0 Å². The number of hydrogen-bond donors (Lipinski definition) is 1. The minimum Gasteiger partial charge on any atom is -0.463 e. The van der Waals surface area contributed by atoms with Crippen LogP contribution in [-0.4, -0.2) is 10.5 Å². The van der Waals surface area contributed by atoms with E-state index < -0.39 is 0 Å². The Morgan fingerprint density at radius 1 is 1.19 bits per heavy atom. The molecule has 0 unspecified atom stereocenters. The van der Waals surface area contributed by atoms with Crippen LogP contribution in [0.1, 0.15) is 21.6 Å². The molecule has 0 aliphatic carbocycles. The van der Waals surface area contributed by atoms with Gasteiger partial charge in [-0.15, -0.1) is 0 Å². The molecule has 0 spiro atoms. The average Bonchev–Trinajstić information content (AvgIpc) is 3.20. The number of hydrogen-bond acceptors (Lipinski definition) is 2. The zero-order valence-electron chi connectivity index (χ0n) is 14.5. The van der Waals surface area contributed by atoms with Gasteiger partial charge in [0.25, 0.3) is 5.91 Å². The molecule has 4 nitrogen and oxygen atoms in total. The van der Waals surface area contributed by atoms with Gasteiger partial charge in [0.1, 0.15) is 11.5 Å². The number of rotatable bonds is 4. The van der Waals surface area contributed by atoms with Gasteiger partial charge in [0.05, 0.1) is 11.8 Å². The lowest BCUT2D eigenvalue weighted by Gasteiger charge is -2.12. The second-order valence-electron chi connectivity index (χ2n) is 6.33. The molecule has 136 valence electrons. The molecular formula is C21H16ClFN2O2. The summed E-state index contributed by atoms with van der Waals surface area (Å²) in [5, 5.41) is 3.52. The van der Waals surface area contributed by atoms with Crippen LogP contribution in [0.4, 0.5) is 10.1 Å². The van der Waals surface area contributed by atoms with E-state index in [9.17, 15) is 9.18 Å². The molecule has 0 aliphatic heterocycles. The SMILES string of the molecule is Cc1cc(Cl)ccc1NC(=O)c1cc2occc2n1Cc1cccc(F)c1. The molecule has 2 aromatic carbocycles. The molecule has 1 N–H and O–H groups in total. The molecule has 2 aromatic heterocycles. The topological polar surface area (TPSA) is 47.2 Å². The highest BCUT2D eigenvalue weighted by Crippen LogP contribution is 2.25. The van der Waals surface area contributed by atoms with Crippen LogP contribution in [-0.2, 0) is 6.54 Å². The van der Waals surface area contributed by atoms with Crippen LogP contribution in [0.15, 0.2) is 65.3 Å². The number of carbonyl (C=O) groups excluding carboxylic acids is 1. The summed E-state index contributed by atoms with van der Waals surface area (Å²) >= 11 is 5.98. The van der Waals surface area contributed by atoms with Crippen molar-refractivity contribution in [2.24, 2.45) is 0 Å². The number of benzene rings is 2. The van der Waals surface area contributed by atoms with Gasteiger partial charge in [-0.2, -0.15) is 0 Å². The summed E-state index contributed by atoms with van der Waals surface area (Å²) in [4.78, 5) is 12.9. The summed E-state index contributed by atoms with van der Waals surface area (Å²) in [6.45, 7) is 2.22. The van der Waals surface area contributed by atoms with E-state index in [1.165, 1.54) is 12.1 Å². The van der Waals surface area contributed by atoms with Crippen molar-refractivity contribution < 1.29 is 13.6 Å².